The molecule has 0 aromatic heterocycles. The molecule has 0 fully saturated rings. The first-order valence-corrected chi connectivity index (χ1v) is 10.7. The third-order valence-electron chi connectivity index (χ3n) is 4.12. The van der Waals surface area contributed by atoms with E-state index < -0.39 is 11.9 Å². The van der Waals surface area contributed by atoms with Gasteiger partial charge in [-0.1, -0.05) is 51.4 Å². The van der Waals surface area contributed by atoms with Gasteiger partial charge in [0.05, 0.1) is 0 Å². The van der Waals surface area contributed by atoms with Gasteiger partial charge in [-0.2, -0.15) is 0 Å². The Morgan fingerprint density at radius 2 is 1.39 bits per heavy atom. The first kappa shape index (κ1) is 28.5. The van der Waals surface area contributed by atoms with E-state index in [-0.39, 0.29) is 5.78 Å². The van der Waals surface area contributed by atoms with Gasteiger partial charge in [-0.15, -0.1) is 0 Å². The van der Waals surface area contributed by atoms with Gasteiger partial charge in [0, 0.05) is 35.2 Å². The number of carbonyl (C=O) groups excluding carboxylic acids is 1. The number of carboxylic acid groups (broad SMARTS) is 2. The highest BCUT2D eigenvalue weighted by molar-refractivity contribution is 9.10. The molecule has 0 aliphatic carbocycles. The summed E-state index contributed by atoms with van der Waals surface area (Å²) in [6, 6.07) is 7.59. The summed E-state index contributed by atoms with van der Waals surface area (Å²) in [5.41, 5.74) is 3.52. The summed E-state index contributed by atoms with van der Waals surface area (Å²) in [7, 11) is 4.16. The fraction of sp³-hybridized carbons (Fsp3) is 0.375. The molecule has 0 heterocycles. The minimum absolute atomic E-state index is 0.215. The molecule has 2 N–H and O–H groups in total. The van der Waals surface area contributed by atoms with Crippen molar-refractivity contribution in [1.82, 2.24) is 4.90 Å². The molecule has 0 saturated heterocycles. The molecule has 0 unspecified atom stereocenters. The number of likely N-dealkylation sites (N-methyl/N-ethyl adjacent to an activating group) is 1. The first-order chi connectivity index (χ1) is 14.5. The lowest BCUT2D eigenvalue weighted by Crippen LogP contribution is -2.10. The maximum atomic E-state index is 12.1. The highest BCUT2D eigenvalue weighted by Crippen LogP contribution is 2.15. The average Bonchev–Trinajstić information content (AvgIpc) is 2.70. The molecular weight excluding hydrogens is 462 g/mol. The van der Waals surface area contributed by atoms with Gasteiger partial charge in [0.2, 0.25) is 0 Å². The van der Waals surface area contributed by atoms with Crippen molar-refractivity contribution in [2.24, 2.45) is 0 Å². The number of nitrogens with zero attached hydrogens (tertiary/aromatic N) is 1. The minimum Gasteiger partial charge on any atom is -0.478 e. The summed E-state index contributed by atoms with van der Waals surface area (Å²) in [6.45, 7) is 5.30. The largest absolute Gasteiger partial charge is 0.478 e. The predicted octanol–water partition coefficient (Wildman–Crippen LogP) is 5.36. The standard InChI is InChI=1S/C20H28BrNO.C4H4O4/c1-16(6-5-7-17(2)14-15-22(3)4)8-13-20(23)18-9-11-19(21)12-10-18;5-3(6)1-2-4(7)8/h6,9-12,14H,5,7-8,13,15H2,1-4H3;1-2H,(H,5,6)(H,7,8)/b16-6+,17-14+;2-1+. The van der Waals surface area contributed by atoms with Crippen LogP contribution in [0.3, 0.4) is 0 Å². The lowest BCUT2D eigenvalue weighted by Gasteiger charge is -2.06. The summed E-state index contributed by atoms with van der Waals surface area (Å²) in [5, 5.41) is 15.6. The lowest BCUT2D eigenvalue weighted by molar-refractivity contribution is -0.134. The lowest BCUT2D eigenvalue weighted by atomic mass is 10.0. The Hall–Kier alpha value is -2.51. The van der Waals surface area contributed by atoms with Crippen molar-refractivity contribution in [3.8, 4) is 0 Å². The van der Waals surface area contributed by atoms with Crippen molar-refractivity contribution in [3.05, 3.63) is 69.8 Å². The number of carbonyl (C=O) groups is 3. The van der Waals surface area contributed by atoms with Crippen LogP contribution in [0.5, 0.6) is 0 Å². The van der Waals surface area contributed by atoms with Gasteiger partial charge >= 0.3 is 11.9 Å². The van der Waals surface area contributed by atoms with E-state index in [1.807, 2.05) is 24.3 Å². The maximum absolute atomic E-state index is 12.1. The van der Waals surface area contributed by atoms with Crippen LogP contribution < -0.4 is 0 Å². The summed E-state index contributed by atoms with van der Waals surface area (Å²) in [5.74, 6) is -2.30. The second-order valence-electron chi connectivity index (χ2n) is 7.34. The van der Waals surface area contributed by atoms with Crippen LogP contribution in [0.1, 0.15) is 49.9 Å². The maximum Gasteiger partial charge on any atom is 0.328 e. The number of rotatable bonds is 11. The Balaban J connectivity index is 0.000000954. The van der Waals surface area contributed by atoms with Gasteiger partial charge in [0.1, 0.15) is 0 Å². The minimum atomic E-state index is -1.26. The molecule has 0 atom stereocenters. The quantitative estimate of drug-likeness (QED) is 0.244. The third-order valence-corrected chi connectivity index (χ3v) is 4.65. The smallest absolute Gasteiger partial charge is 0.328 e. The molecule has 170 valence electrons. The van der Waals surface area contributed by atoms with Gasteiger partial charge in [-0.3, -0.25) is 4.79 Å². The number of aliphatic carboxylic acids is 2. The number of hydrogen-bond acceptors (Lipinski definition) is 4. The molecule has 0 bridgehead atoms. The molecule has 0 aliphatic rings. The Morgan fingerprint density at radius 3 is 1.87 bits per heavy atom. The van der Waals surface area contributed by atoms with Crippen LogP contribution in [-0.4, -0.2) is 53.5 Å². The fourth-order valence-electron chi connectivity index (χ4n) is 2.32. The number of Topliss-reactive ketones (excluding diaryl/α,β-unsaturated/α-hetero) is 1. The number of ketones is 1. The highest BCUT2D eigenvalue weighted by atomic mass is 79.9. The second-order valence-corrected chi connectivity index (χ2v) is 8.26. The summed E-state index contributed by atoms with van der Waals surface area (Å²) < 4.78 is 1.00. The summed E-state index contributed by atoms with van der Waals surface area (Å²) in [4.78, 5) is 33.4. The van der Waals surface area contributed by atoms with Gasteiger partial charge in [-0.25, -0.2) is 9.59 Å². The monoisotopic (exact) mass is 493 g/mol. The van der Waals surface area contributed by atoms with E-state index >= 15 is 0 Å². The Bertz CT molecular complexity index is 792. The molecule has 0 amide bonds. The normalized spacial score (nSPS) is 11.9. The van der Waals surface area contributed by atoms with E-state index in [2.05, 4.69) is 60.9 Å². The van der Waals surface area contributed by atoms with Crippen molar-refractivity contribution >= 4 is 33.7 Å². The molecule has 1 rings (SSSR count). The average molecular weight is 494 g/mol. The van der Waals surface area contributed by atoms with Crippen molar-refractivity contribution in [2.45, 2.75) is 39.5 Å². The van der Waals surface area contributed by atoms with Crippen molar-refractivity contribution in [1.29, 1.82) is 0 Å². The van der Waals surface area contributed by atoms with Crippen molar-refractivity contribution < 1.29 is 24.6 Å². The zero-order chi connectivity index (χ0) is 23.8. The highest BCUT2D eigenvalue weighted by Gasteiger charge is 2.05. The SMILES string of the molecule is C/C(=C\CN(C)C)CC/C=C(\C)CCC(=O)c1ccc(Br)cc1.O=C(O)/C=C/C(=O)O. The van der Waals surface area contributed by atoms with Gasteiger partial charge in [0.15, 0.2) is 5.78 Å². The van der Waals surface area contributed by atoms with E-state index in [0.717, 1.165) is 35.8 Å². The molecule has 0 radical (unpaired) electrons. The van der Waals surface area contributed by atoms with Crippen LogP contribution in [0.4, 0.5) is 0 Å². The van der Waals surface area contributed by atoms with E-state index in [9.17, 15) is 14.4 Å². The van der Waals surface area contributed by atoms with Crippen LogP contribution in [-0.2, 0) is 9.59 Å². The van der Waals surface area contributed by atoms with Gasteiger partial charge in [0.25, 0.3) is 0 Å². The van der Waals surface area contributed by atoms with Crippen LogP contribution in [0, 0.1) is 0 Å². The zero-order valence-corrected chi connectivity index (χ0v) is 20.2. The second kappa shape index (κ2) is 16.2. The molecular formula is C24H32BrNO5. The number of carboxylic acids is 2. The number of halogens is 1. The zero-order valence-electron chi connectivity index (χ0n) is 18.6. The third kappa shape index (κ3) is 16.9. The van der Waals surface area contributed by atoms with Crippen molar-refractivity contribution in [2.75, 3.05) is 20.6 Å². The number of hydrogen-bond donors (Lipinski definition) is 2. The van der Waals surface area contributed by atoms with E-state index in [1.165, 1.54) is 11.1 Å². The molecule has 31 heavy (non-hydrogen) atoms. The molecule has 0 aliphatic heterocycles. The van der Waals surface area contributed by atoms with E-state index in [0.29, 0.717) is 18.6 Å². The molecule has 1 aromatic carbocycles. The summed E-state index contributed by atoms with van der Waals surface area (Å²) in [6.07, 6.45) is 9.22. The Kier molecular flexibility index (Phi) is 14.9. The Morgan fingerprint density at radius 1 is 0.871 bits per heavy atom. The summed E-state index contributed by atoms with van der Waals surface area (Å²) >= 11 is 3.39. The van der Waals surface area contributed by atoms with Gasteiger partial charge in [-0.05, 0) is 59.3 Å². The van der Waals surface area contributed by atoms with Crippen LogP contribution in [0.2, 0.25) is 0 Å². The number of benzene rings is 1. The predicted molar refractivity (Wildman–Crippen MR) is 127 cm³/mol. The molecule has 1 aromatic rings. The molecule has 0 saturated carbocycles. The van der Waals surface area contributed by atoms with Crippen LogP contribution >= 0.6 is 15.9 Å². The Labute approximate surface area is 193 Å². The first-order valence-electron chi connectivity index (χ1n) is 9.90. The molecule has 0 spiro atoms. The van der Waals surface area contributed by atoms with Gasteiger partial charge < -0.3 is 15.1 Å². The topological polar surface area (TPSA) is 94.9 Å². The molecule has 7 heteroatoms. The van der Waals surface area contributed by atoms with E-state index in [4.69, 9.17) is 10.2 Å². The van der Waals surface area contributed by atoms with Crippen LogP contribution in [0.15, 0.2) is 64.2 Å². The van der Waals surface area contributed by atoms with Crippen molar-refractivity contribution in [3.63, 3.8) is 0 Å². The fourth-order valence-corrected chi connectivity index (χ4v) is 2.59. The van der Waals surface area contributed by atoms with Crippen LogP contribution in [0.25, 0.3) is 0 Å². The molecule has 6 nitrogen and oxygen atoms in total. The van der Waals surface area contributed by atoms with E-state index in [1.54, 1.807) is 0 Å². The number of allylic oxidation sites excluding steroid dienone is 3.